The maximum Gasteiger partial charge on any atom is 0.337 e. The van der Waals surface area contributed by atoms with Crippen LogP contribution in [0.2, 0.25) is 0 Å². The first kappa shape index (κ1) is 17.1. The quantitative estimate of drug-likeness (QED) is 0.661. The number of benzene rings is 2. The lowest BCUT2D eigenvalue weighted by Gasteiger charge is -2.16. The second-order valence-electron chi connectivity index (χ2n) is 5.64. The van der Waals surface area contributed by atoms with Crippen LogP contribution >= 0.6 is 11.3 Å². The third kappa shape index (κ3) is 3.69. The van der Waals surface area contributed by atoms with Crippen molar-refractivity contribution in [2.75, 3.05) is 14.2 Å². The Morgan fingerprint density at radius 1 is 1.12 bits per heavy atom. The maximum atomic E-state index is 13.3. The van der Waals surface area contributed by atoms with Crippen LogP contribution in [0.4, 0.5) is 4.39 Å². The molecule has 0 saturated carbocycles. The van der Waals surface area contributed by atoms with Crippen molar-refractivity contribution in [1.29, 1.82) is 0 Å². The summed E-state index contributed by atoms with van der Waals surface area (Å²) in [6.45, 7) is 0.406. The highest BCUT2D eigenvalue weighted by Gasteiger charge is 2.16. The summed E-state index contributed by atoms with van der Waals surface area (Å²) in [5.74, 6) is -0.838. The predicted molar refractivity (Wildman–Crippen MR) is 95.4 cm³/mol. The van der Waals surface area contributed by atoms with E-state index in [9.17, 15) is 14.0 Å². The summed E-state index contributed by atoms with van der Waals surface area (Å²) in [4.78, 5) is 26.2. The zero-order valence-electron chi connectivity index (χ0n) is 13.8. The van der Waals surface area contributed by atoms with Gasteiger partial charge in [-0.05, 0) is 47.3 Å². The molecule has 1 heterocycles. The number of carbonyl (C=O) groups is 2. The van der Waals surface area contributed by atoms with Gasteiger partial charge in [0.25, 0.3) is 5.91 Å². The zero-order valence-corrected chi connectivity index (χ0v) is 14.6. The average molecular weight is 357 g/mol. The number of fused-ring (bicyclic) bond motifs is 1. The molecule has 0 bridgehead atoms. The molecule has 3 aromatic rings. The van der Waals surface area contributed by atoms with Gasteiger partial charge >= 0.3 is 5.97 Å². The summed E-state index contributed by atoms with van der Waals surface area (Å²) in [6.07, 6.45) is 0. The Kier molecular flexibility index (Phi) is 4.81. The molecule has 0 unspecified atom stereocenters. The Balaban J connectivity index is 1.74. The minimum Gasteiger partial charge on any atom is -0.465 e. The number of hydrogen-bond donors (Lipinski definition) is 0. The number of thiophene rings is 1. The van der Waals surface area contributed by atoms with Gasteiger partial charge in [-0.3, -0.25) is 4.79 Å². The Bertz CT molecular complexity index is 933. The van der Waals surface area contributed by atoms with E-state index in [2.05, 4.69) is 4.74 Å². The van der Waals surface area contributed by atoms with Crippen LogP contribution in [-0.2, 0) is 11.3 Å². The highest BCUT2D eigenvalue weighted by molar-refractivity contribution is 7.20. The van der Waals surface area contributed by atoms with Gasteiger partial charge in [0.05, 0.1) is 17.6 Å². The third-order valence-electron chi connectivity index (χ3n) is 3.83. The molecular weight excluding hydrogens is 341 g/mol. The van der Waals surface area contributed by atoms with E-state index in [1.54, 1.807) is 48.3 Å². The zero-order chi connectivity index (χ0) is 18.0. The van der Waals surface area contributed by atoms with Gasteiger partial charge in [-0.2, -0.15) is 0 Å². The monoisotopic (exact) mass is 357 g/mol. The summed E-state index contributed by atoms with van der Waals surface area (Å²) in [6, 6.07) is 13.1. The number of esters is 1. The van der Waals surface area contributed by atoms with Crippen LogP contribution in [0.5, 0.6) is 0 Å². The SMILES string of the molecule is COC(=O)c1ccc(CN(C)C(=O)c2cc3cc(F)ccc3s2)cc1. The number of ether oxygens (including phenoxy) is 1. The van der Waals surface area contributed by atoms with Crippen LogP contribution in [0.25, 0.3) is 10.1 Å². The van der Waals surface area contributed by atoms with Gasteiger partial charge in [-0.25, -0.2) is 9.18 Å². The molecule has 6 heteroatoms. The minimum atomic E-state index is -0.395. The third-order valence-corrected chi connectivity index (χ3v) is 4.93. The van der Waals surface area contributed by atoms with Crippen molar-refractivity contribution in [3.63, 3.8) is 0 Å². The van der Waals surface area contributed by atoms with Crippen LogP contribution in [0.3, 0.4) is 0 Å². The molecule has 3 rings (SSSR count). The lowest BCUT2D eigenvalue weighted by Crippen LogP contribution is -2.25. The van der Waals surface area contributed by atoms with Crippen molar-refractivity contribution in [3.05, 3.63) is 70.4 Å². The van der Waals surface area contributed by atoms with E-state index < -0.39 is 5.97 Å². The average Bonchev–Trinajstić information content (AvgIpc) is 3.04. The van der Waals surface area contributed by atoms with E-state index in [1.165, 1.54) is 30.6 Å². The fourth-order valence-electron chi connectivity index (χ4n) is 2.52. The van der Waals surface area contributed by atoms with Crippen LogP contribution in [-0.4, -0.2) is 30.9 Å². The molecule has 0 atom stereocenters. The molecule has 25 heavy (non-hydrogen) atoms. The number of methoxy groups -OCH3 is 1. The number of carbonyl (C=O) groups excluding carboxylic acids is 2. The normalized spacial score (nSPS) is 10.7. The molecule has 4 nitrogen and oxygen atoms in total. The summed E-state index contributed by atoms with van der Waals surface area (Å²) < 4.78 is 18.8. The van der Waals surface area contributed by atoms with E-state index in [-0.39, 0.29) is 11.7 Å². The second-order valence-corrected chi connectivity index (χ2v) is 6.73. The van der Waals surface area contributed by atoms with Crippen molar-refractivity contribution in [2.45, 2.75) is 6.54 Å². The first-order valence-corrected chi connectivity index (χ1v) is 8.41. The van der Waals surface area contributed by atoms with E-state index in [0.29, 0.717) is 17.0 Å². The van der Waals surface area contributed by atoms with E-state index in [0.717, 1.165) is 15.6 Å². The highest BCUT2D eigenvalue weighted by atomic mass is 32.1. The van der Waals surface area contributed by atoms with E-state index in [1.807, 2.05) is 0 Å². The van der Waals surface area contributed by atoms with Gasteiger partial charge < -0.3 is 9.64 Å². The van der Waals surface area contributed by atoms with Crippen LogP contribution < -0.4 is 0 Å². The van der Waals surface area contributed by atoms with Crippen molar-refractivity contribution < 1.29 is 18.7 Å². The maximum absolute atomic E-state index is 13.3. The predicted octanol–water partition coefficient (Wildman–Crippen LogP) is 4.10. The number of amides is 1. The number of rotatable bonds is 4. The summed E-state index contributed by atoms with van der Waals surface area (Å²) >= 11 is 1.34. The minimum absolute atomic E-state index is 0.126. The second kappa shape index (κ2) is 7.03. The molecule has 0 aliphatic heterocycles. The summed E-state index contributed by atoms with van der Waals surface area (Å²) in [5.41, 5.74) is 1.36. The largest absolute Gasteiger partial charge is 0.465 e. The Morgan fingerprint density at radius 2 is 1.84 bits per heavy atom. The Hall–Kier alpha value is -2.73. The molecule has 1 amide bonds. The fraction of sp³-hybridized carbons (Fsp3) is 0.158. The first-order valence-electron chi connectivity index (χ1n) is 7.60. The van der Waals surface area contributed by atoms with Gasteiger partial charge in [-0.1, -0.05) is 12.1 Å². The standard InChI is InChI=1S/C19H16FNO3S/c1-21(11-12-3-5-13(6-4-12)19(23)24-2)18(22)17-10-14-9-15(20)7-8-16(14)25-17/h3-10H,11H2,1-2H3. The van der Waals surface area contributed by atoms with Crippen molar-refractivity contribution in [3.8, 4) is 0 Å². The molecule has 0 fully saturated rings. The topological polar surface area (TPSA) is 46.6 Å². The molecule has 0 spiro atoms. The van der Waals surface area contributed by atoms with Crippen LogP contribution in [0, 0.1) is 5.82 Å². The van der Waals surface area contributed by atoms with Gasteiger partial charge in [-0.15, -0.1) is 11.3 Å². The number of halogens is 1. The van der Waals surface area contributed by atoms with Crippen molar-refractivity contribution >= 4 is 33.3 Å². The van der Waals surface area contributed by atoms with Gasteiger partial charge in [0.2, 0.25) is 0 Å². The van der Waals surface area contributed by atoms with E-state index in [4.69, 9.17) is 0 Å². The van der Waals surface area contributed by atoms with Crippen molar-refractivity contribution in [1.82, 2.24) is 4.90 Å². The van der Waals surface area contributed by atoms with Crippen LogP contribution in [0.15, 0.2) is 48.5 Å². The Morgan fingerprint density at radius 3 is 2.52 bits per heavy atom. The van der Waals surface area contributed by atoms with E-state index >= 15 is 0 Å². The molecule has 128 valence electrons. The molecular formula is C19H16FNO3S. The fourth-order valence-corrected chi connectivity index (χ4v) is 3.56. The first-order chi connectivity index (χ1) is 12.0. The summed E-state index contributed by atoms with van der Waals surface area (Å²) in [5, 5.41) is 0.726. The number of hydrogen-bond acceptors (Lipinski definition) is 4. The lowest BCUT2D eigenvalue weighted by atomic mass is 10.1. The van der Waals surface area contributed by atoms with Gasteiger partial charge in [0.1, 0.15) is 5.82 Å². The molecule has 0 aliphatic carbocycles. The molecule has 0 saturated heterocycles. The highest BCUT2D eigenvalue weighted by Crippen LogP contribution is 2.27. The molecule has 1 aromatic heterocycles. The smallest absolute Gasteiger partial charge is 0.337 e. The summed E-state index contributed by atoms with van der Waals surface area (Å²) in [7, 11) is 3.04. The molecule has 2 aromatic carbocycles. The van der Waals surface area contributed by atoms with Gasteiger partial charge in [0, 0.05) is 18.3 Å². The Labute approximate surface area is 148 Å². The van der Waals surface area contributed by atoms with Gasteiger partial charge in [0.15, 0.2) is 0 Å². The lowest BCUT2D eigenvalue weighted by molar-refractivity contribution is 0.0600. The molecule has 0 aliphatic rings. The van der Waals surface area contributed by atoms with Crippen molar-refractivity contribution in [2.24, 2.45) is 0 Å². The number of nitrogens with zero attached hydrogens (tertiary/aromatic N) is 1. The molecule has 0 N–H and O–H groups in total. The van der Waals surface area contributed by atoms with Crippen LogP contribution in [0.1, 0.15) is 25.6 Å². The molecule has 0 radical (unpaired) electrons.